The van der Waals surface area contributed by atoms with E-state index < -0.39 is 0 Å². The smallest absolute Gasteiger partial charge is 0.229 e. The van der Waals surface area contributed by atoms with Gasteiger partial charge in [0.05, 0.1) is 18.2 Å². The van der Waals surface area contributed by atoms with Crippen molar-refractivity contribution in [3.05, 3.63) is 84.6 Å². The van der Waals surface area contributed by atoms with Crippen LogP contribution in [0.15, 0.2) is 77.6 Å². The zero-order valence-corrected chi connectivity index (χ0v) is 15.8. The second-order valence-electron chi connectivity index (χ2n) is 6.69. The molecule has 3 heterocycles. The van der Waals surface area contributed by atoms with E-state index in [0.29, 0.717) is 17.9 Å². The van der Waals surface area contributed by atoms with E-state index in [-0.39, 0.29) is 0 Å². The molecular formula is C23H18N4O2. The first kappa shape index (κ1) is 17.2. The molecule has 0 aliphatic rings. The number of rotatable bonds is 5. The summed E-state index contributed by atoms with van der Waals surface area (Å²) in [5, 5.41) is 0.854. The van der Waals surface area contributed by atoms with Gasteiger partial charge in [0.1, 0.15) is 23.6 Å². The fraction of sp³-hybridized carbons (Fsp3) is 0.0870. The van der Waals surface area contributed by atoms with Crippen molar-refractivity contribution in [3.8, 4) is 28.5 Å². The molecular weight excluding hydrogens is 364 g/mol. The van der Waals surface area contributed by atoms with E-state index in [2.05, 4.69) is 15.0 Å². The molecule has 6 heteroatoms. The van der Waals surface area contributed by atoms with E-state index >= 15 is 0 Å². The Morgan fingerprint density at radius 1 is 1.03 bits per heavy atom. The molecule has 5 rings (SSSR count). The zero-order valence-electron chi connectivity index (χ0n) is 15.8. The molecule has 6 nitrogen and oxygen atoms in total. The normalized spacial score (nSPS) is 11.1. The summed E-state index contributed by atoms with van der Waals surface area (Å²) in [6.07, 6.45) is 3.89. The highest BCUT2D eigenvalue weighted by Crippen LogP contribution is 2.33. The lowest BCUT2D eigenvalue weighted by atomic mass is 10.1. The SMILES string of the molecule is COc1ccc(Cc2nc(-c3ccccc3)c(-c3cc4cncnc4o3)[nH]2)cc1. The number of ether oxygens (including phenoxy) is 1. The van der Waals surface area contributed by atoms with Gasteiger partial charge in [0.15, 0.2) is 5.76 Å². The second kappa shape index (κ2) is 7.24. The molecule has 5 aromatic rings. The Hall–Kier alpha value is -3.93. The van der Waals surface area contributed by atoms with Gasteiger partial charge in [-0.05, 0) is 23.8 Å². The minimum atomic E-state index is 0.556. The molecule has 0 aliphatic carbocycles. The van der Waals surface area contributed by atoms with Crippen LogP contribution in [0.5, 0.6) is 5.75 Å². The van der Waals surface area contributed by atoms with E-state index in [1.165, 1.54) is 6.33 Å². The highest BCUT2D eigenvalue weighted by Gasteiger charge is 2.18. The summed E-state index contributed by atoms with van der Waals surface area (Å²) in [6, 6.07) is 20.0. The number of aromatic amines is 1. The van der Waals surface area contributed by atoms with Crippen LogP contribution >= 0.6 is 0 Å². The summed E-state index contributed by atoms with van der Waals surface area (Å²) in [6.45, 7) is 0. The van der Waals surface area contributed by atoms with E-state index in [1.54, 1.807) is 13.3 Å². The molecule has 0 bridgehead atoms. The summed E-state index contributed by atoms with van der Waals surface area (Å²) in [7, 11) is 1.66. The van der Waals surface area contributed by atoms with Crippen LogP contribution in [0.25, 0.3) is 33.8 Å². The third-order valence-corrected chi connectivity index (χ3v) is 4.77. The number of nitrogens with one attached hydrogen (secondary N) is 1. The quantitative estimate of drug-likeness (QED) is 0.469. The first-order valence-electron chi connectivity index (χ1n) is 9.27. The lowest BCUT2D eigenvalue weighted by Crippen LogP contribution is -1.91. The van der Waals surface area contributed by atoms with Gasteiger partial charge in [0.2, 0.25) is 5.71 Å². The number of methoxy groups -OCH3 is 1. The molecule has 0 saturated carbocycles. The highest BCUT2D eigenvalue weighted by molar-refractivity contribution is 5.83. The summed E-state index contributed by atoms with van der Waals surface area (Å²) in [5.74, 6) is 2.38. The minimum Gasteiger partial charge on any atom is -0.497 e. The van der Waals surface area contributed by atoms with Crippen molar-refractivity contribution < 1.29 is 9.15 Å². The topological polar surface area (TPSA) is 76.8 Å². The van der Waals surface area contributed by atoms with Gasteiger partial charge in [0.25, 0.3) is 0 Å². The number of hydrogen-bond donors (Lipinski definition) is 1. The lowest BCUT2D eigenvalue weighted by molar-refractivity contribution is 0.414. The number of hydrogen-bond acceptors (Lipinski definition) is 5. The molecule has 0 aliphatic heterocycles. The molecule has 0 unspecified atom stereocenters. The maximum absolute atomic E-state index is 5.97. The number of aromatic nitrogens is 4. The van der Waals surface area contributed by atoms with Crippen LogP contribution in [0.4, 0.5) is 0 Å². The van der Waals surface area contributed by atoms with Crippen molar-refractivity contribution in [1.29, 1.82) is 0 Å². The third kappa shape index (κ3) is 3.36. The number of imidazole rings is 1. The van der Waals surface area contributed by atoms with Crippen molar-refractivity contribution in [2.45, 2.75) is 6.42 Å². The van der Waals surface area contributed by atoms with Crippen LogP contribution in [0.3, 0.4) is 0 Å². The Balaban J connectivity index is 1.58. The molecule has 0 amide bonds. The van der Waals surface area contributed by atoms with Crippen LogP contribution in [-0.4, -0.2) is 27.0 Å². The molecule has 0 spiro atoms. The average molecular weight is 382 g/mol. The number of furan rings is 1. The maximum atomic E-state index is 5.97. The highest BCUT2D eigenvalue weighted by atomic mass is 16.5. The van der Waals surface area contributed by atoms with Crippen molar-refractivity contribution in [2.24, 2.45) is 0 Å². The van der Waals surface area contributed by atoms with Gasteiger partial charge in [-0.25, -0.2) is 15.0 Å². The van der Waals surface area contributed by atoms with Gasteiger partial charge < -0.3 is 14.1 Å². The molecule has 0 atom stereocenters. The molecule has 3 aromatic heterocycles. The molecule has 142 valence electrons. The fourth-order valence-electron chi connectivity index (χ4n) is 3.34. The second-order valence-corrected chi connectivity index (χ2v) is 6.69. The van der Waals surface area contributed by atoms with Gasteiger partial charge in [-0.2, -0.15) is 0 Å². The first-order valence-corrected chi connectivity index (χ1v) is 9.27. The van der Waals surface area contributed by atoms with E-state index in [9.17, 15) is 0 Å². The molecule has 29 heavy (non-hydrogen) atoms. The van der Waals surface area contributed by atoms with Crippen LogP contribution in [0.1, 0.15) is 11.4 Å². The van der Waals surface area contributed by atoms with Crippen LogP contribution in [0, 0.1) is 0 Å². The van der Waals surface area contributed by atoms with Gasteiger partial charge in [-0.3, -0.25) is 0 Å². The summed E-state index contributed by atoms with van der Waals surface area (Å²) >= 11 is 0. The van der Waals surface area contributed by atoms with Gasteiger partial charge in [0, 0.05) is 18.2 Å². The van der Waals surface area contributed by atoms with Crippen LogP contribution in [-0.2, 0) is 6.42 Å². The van der Waals surface area contributed by atoms with E-state index in [0.717, 1.165) is 39.5 Å². The molecule has 2 aromatic carbocycles. The Morgan fingerprint density at radius 2 is 1.86 bits per heavy atom. The average Bonchev–Trinajstić information content (AvgIpc) is 3.39. The van der Waals surface area contributed by atoms with Crippen molar-refractivity contribution in [3.63, 3.8) is 0 Å². The van der Waals surface area contributed by atoms with Gasteiger partial charge in [-0.1, -0.05) is 42.5 Å². The largest absolute Gasteiger partial charge is 0.497 e. The molecule has 0 radical (unpaired) electrons. The Bertz CT molecular complexity index is 1220. The Labute approximate surface area is 167 Å². The van der Waals surface area contributed by atoms with Crippen LogP contribution < -0.4 is 4.74 Å². The maximum Gasteiger partial charge on any atom is 0.229 e. The monoisotopic (exact) mass is 382 g/mol. The number of benzene rings is 2. The predicted octanol–water partition coefficient (Wildman–Crippen LogP) is 4.88. The summed E-state index contributed by atoms with van der Waals surface area (Å²) in [4.78, 5) is 16.6. The Kier molecular flexibility index (Phi) is 4.29. The third-order valence-electron chi connectivity index (χ3n) is 4.77. The first-order chi connectivity index (χ1) is 14.3. The van der Waals surface area contributed by atoms with Crippen molar-refractivity contribution in [1.82, 2.24) is 19.9 Å². The van der Waals surface area contributed by atoms with E-state index in [1.807, 2.05) is 60.7 Å². The number of nitrogens with zero attached hydrogens (tertiary/aromatic N) is 3. The summed E-state index contributed by atoms with van der Waals surface area (Å²) in [5.41, 5.74) is 4.40. The van der Waals surface area contributed by atoms with Crippen LogP contribution in [0.2, 0.25) is 0 Å². The number of fused-ring (bicyclic) bond motifs is 1. The number of H-pyrrole nitrogens is 1. The zero-order chi connectivity index (χ0) is 19.6. The Morgan fingerprint density at radius 3 is 2.62 bits per heavy atom. The lowest BCUT2D eigenvalue weighted by Gasteiger charge is -2.01. The minimum absolute atomic E-state index is 0.556. The molecule has 0 saturated heterocycles. The molecule has 1 N–H and O–H groups in total. The summed E-state index contributed by atoms with van der Waals surface area (Å²) < 4.78 is 11.2. The van der Waals surface area contributed by atoms with E-state index in [4.69, 9.17) is 14.1 Å². The predicted molar refractivity (Wildman–Crippen MR) is 111 cm³/mol. The van der Waals surface area contributed by atoms with Crippen molar-refractivity contribution in [2.75, 3.05) is 7.11 Å². The fourth-order valence-corrected chi connectivity index (χ4v) is 3.34. The van der Waals surface area contributed by atoms with Crippen molar-refractivity contribution >= 4 is 11.1 Å². The van der Waals surface area contributed by atoms with Gasteiger partial charge >= 0.3 is 0 Å². The van der Waals surface area contributed by atoms with Gasteiger partial charge in [-0.15, -0.1) is 0 Å². The standard InChI is InChI=1S/C23H18N4O2/c1-28-18-9-7-15(8-10-18)11-20-26-21(16-5-3-2-4-6-16)22(27-20)19-12-17-13-24-14-25-23(17)29-19/h2-10,12-14H,11H2,1H3,(H,26,27). The molecule has 0 fully saturated rings.